The van der Waals surface area contributed by atoms with Gasteiger partial charge in [-0.15, -0.1) is 13.2 Å². The molecule has 0 aromatic carbocycles. The highest BCUT2D eigenvalue weighted by Crippen LogP contribution is 2.28. The van der Waals surface area contributed by atoms with Crippen LogP contribution in [0.15, 0.2) is 6.07 Å². The summed E-state index contributed by atoms with van der Waals surface area (Å²) in [5, 5.41) is 17.8. The van der Waals surface area contributed by atoms with Gasteiger partial charge in [-0.05, 0) is 12.5 Å². The van der Waals surface area contributed by atoms with Crippen LogP contribution in [-0.2, 0) is 6.42 Å². The van der Waals surface area contributed by atoms with Crippen LogP contribution < -0.4 is 4.74 Å². The largest absolute Gasteiger partial charge is 0.574 e. The Labute approximate surface area is 88.9 Å². The van der Waals surface area contributed by atoms with Crippen LogP contribution in [0.25, 0.3) is 0 Å². The first-order chi connectivity index (χ1) is 7.33. The Bertz CT molecular complexity index is 438. The maximum atomic E-state index is 11.9. The molecule has 0 aliphatic heterocycles. The van der Waals surface area contributed by atoms with Gasteiger partial charge in [-0.3, -0.25) is 0 Å². The number of alkyl halides is 3. The Morgan fingerprint density at radius 3 is 2.69 bits per heavy atom. The van der Waals surface area contributed by atoms with E-state index in [0.29, 0.717) is 0 Å². The fraction of sp³-hybridized carbons (Fsp3) is 0.333. The number of aromatic hydroxyl groups is 1. The summed E-state index contributed by atoms with van der Waals surface area (Å²) >= 11 is 0. The van der Waals surface area contributed by atoms with Crippen molar-refractivity contribution < 1.29 is 23.0 Å². The maximum Gasteiger partial charge on any atom is 0.574 e. The SMILES string of the molecule is Cc1cc(OC(F)(F)F)nc(CC#N)c1O. The van der Waals surface area contributed by atoms with Gasteiger partial charge in [0.15, 0.2) is 0 Å². The molecule has 0 unspecified atom stereocenters. The summed E-state index contributed by atoms with van der Waals surface area (Å²) in [4.78, 5) is 3.39. The van der Waals surface area contributed by atoms with Crippen LogP contribution in [-0.4, -0.2) is 16.5 Å². The minimum atomic E-state index is -4.85. The van der Waals surface area contributed by atoms with Crippen LogP contribution in [0.1, 0.15) is 11.3 Å². The Balaban J connectivity index is 3.10. The van der Waals surface area contributed by atoms with Crippen molar-refractivity contribution in [2.75, 3.05) is 0 Å². The molecule has 1 rings (SSSR count). The Morgan fingerprint density at radius 2 is 2.19 bits per heavy atom. The molecule has 0 radical (unpaired) electrons. The number of nitrogens with zero attached hydrogens (tertiary/aromatic N) is 2. The van der Waals surface area contributed by atoms with E-state index >= 15 is 0 Å². The molecular formula is C9H7F3N2O2. The van der Waals surface area contributed by atoms with E-state index in [0.717, 1.165) is 6.07 Å². The highest BCUT2D eigenvalue weighted by atomic mass is 19.4. The highest BCUT2D eigenvalue weighted by molar-refractivity contribution is 5.39. The molecule has 86 valence electrons. The van der Waals surface area contributed by atoms with Crippen molar-refractivity contribution >= 4 is 0 Å². The van der Waals surface area contributed by atoms with Crippen LogP contribution in [0.4, 0.5) is 13.2 Å². The number of nitriles is 1. The smallest absolute Gasteiger partial charge is 0.506 e. The van der Waals surface area contributed by atoms with Crippen molar-refractivity contribution in [3.8, 4) is 17.7 Å². The molecule has 0 fully saturated rings. The Kier molecular flexibility index (Phi) is 3.22. The summed E-state index contributed by atoms with van der Waals surface area (Å²) in [5.41, 5.74) is 0.0289. The molecule has 0 atom stereocenters. The maximum absolute atomic E-state index is 11.9. The number of pyridine rings is 1. The average molecular weight is 232 g/mol. The van der Waals surface area contributed by atoms with Crippen molar-refractivity contribution in [1.82, 2.24) is 4.98 Å². The standard InChI is InChI=1S/C9H7F3N2O2/c1-5-4-7(16-9(10,11)12)14-6(2-3-13)8(5)15/h4,15H,2H2,1H3. The van der Waals surface area contributed by atoms with Crippen LogP contribution in [0.2, 0.25) is 0 Å². The summed E-state index contributed by atoms with van der Waals surface area (Å²) in [6.07, 6.45) is -5.14. The van der Waals surface area contributed by atoms with Gasteiger partial charge in [-0.2, -0.15) is 5.26 Å². The fourth-order valence-corrected chi connectivity index (χ4v) is 1.07. The Hall–Kier alpha value is -1.97. The number of hydrogen-bond acceptors (Lipinski definition) is 4. The number of halogens is 3. The predicted octanol–water partition coefficient (Wildman–Crippen LogP) is 2.06. The van der Waals surface area contributed by atoms with E-state index in [-0.39, 0.29) is 23.4 Å². The normalized spacial score (nSPS) is 10.9. The van der Waals surface area contributed by atoms with Crippen LogP contribution in [0.3, 0.4) is 0 Å². The molecule has 0 aliphatic carbocycles. The minimum absolute atomic E-state index is 0.137. The van der Waals surface area contributed by atoms with Crippen molar-refractivity contribution in [2.45, 2.75) is 19.7 Å². The van der Waals surface area contributed by atoms with Gasteiger partial charge in [-0.25, -0.2) is 4.98 Å². The lowest BCUT2D eigenvalue weighted by molar-refractivity contribution is -0.276. The first-order valence-electron chi connectivity index (χ1n) is 4.15. The van der Waals surface area contributed by atoms with Gasteiger partial charge in [0, 0.05) is 6.07 Å². The van der Waals surface area contributed by atoms with Gasteiger partial charge >= 0.3 is 6.36 Å². The molecule has 0 aliphatic rings. The second-order valence-electron chi connectivity index (χ2n) is 2.96. The van der Waals surface area contributed by atoms with Crippen molar-refractivity contribution in [3.63, 3.8) is 0 Å². The van der Waals surface area contributed by atoms with E-state index in [1.807, 2.05) is 0 Å². The zero-order chi connectivity index (χ0) is 12.3. The third kappa shape index (κ3) is 3.02. The number of aryl methyl sites for hydroxylation is 1. The van der Waals surface area contributed by atoms with E-state index in [1.54, 1.807) is 6.07 Å². The number of aromatic nitrogens is 1. The molecule has 7 heteroatoms. The summed E-state index contributed by atoms with van der Waals surface area (Å²) in [5.74, 6) is -0.982. The minimum Gasteiger partial charge on any atom is -0.506 e. The first-order valence-corrected chi connectivity index (χ1v) is 4.15. The summed E-state index contributed by atoms with van der Waals surface area (Å²) in [6, 6.07) is 2.63. The lowest BCUT2D eigenvalue weighted by atomic mass is 10.2. The van der Waals surface area contributed by atoms with E-state index in [9.17, 15) is 18.3 Å². The lowest BCUT2D eigenvalue weighted by Gasteiger charge is -2.10. The lowest BCUT2D eigenvalue weighted by Crippen LogP contribution is -2.18. The molecule has 1 N–H and O–H groups in total. The van der Waals surface area contributed by atoms with Crippen molar-refractivity contribution in [3.05, 3.63) is 17.3 Å². The van der Waals surface area contributed by atoms with Crippen LogP contribution in [0, 0.1) is 18.3 Å². The van der Waals surface area contributed by atoms with E-state index in [1.165, 1.54) is 6.92 Å². The fourth-order valence-electron chi connectivity index (χ4n) is 1.07. The molecule has 0 saturated carbocycles. The molecule has 4 nitrogen and oxygen atoms in total. The molecule has 0 bridgehead atoms. The zero-order valence-electron chi connectivity index (χ0n) is 8.17. The first kappa shape index (κ1) is 12.1. The van der Waals surface area contributed by atoms with Gasteiger partial charge in [0.1, 0.15) is 11.4 Å². The molecule has 0 spiro atoms. The van der Waals surface area contributed by atoms with Gasteiger partial charge in [0.25, 0.3) is 0 Å². The molecular weight excluding hydrogens is 225 g/mol. The molecule has 0 amide bonds. The third-order valence-corrected chi connectivity index (χ3v) is 1.70. The molecule has 1 aromatic rings. The van der Waals surface area contributed by atoms with Crippen LogP contribution in [0.5, 0.6) is 11.6 Å². The number of hydrogen-bond donors (Lipinski definition) is 1. The summed E-state index contributed by atoms with van der Waals surface area (Å²) in [7, 11) is 0. The third-order valence-electron chi connectivity index (χ3n) is 1.70. The van der Waals surface area contributed by atoms with Gasteiger partial charge < -0.3 is 9.84 Å². The van der Waals surface area contributed by atoms with Crippen molar-refractivity contribution in [1.29, 1.82) is 5.26 Å². The number of ether oxygens (including phenoxy) is 1. The van der Waals surface area contributed by atoms with Gasteiger partial charge in [-0.1, -0.05) is 0 Å². The van der Waals surface area contributed by atoms with Crippen LogP contribution >= 0.6 is 0 Å². The van der Waals surface area contributed by atoms with Crippen molar-refractivity contribution in [2.24, 2.45) is 0 Å². The average Bonchev–Trinajstić information content (AvgIpc) is 2.11. The summed E-state index contributed by atoms with van der Waals surface area (Å²) in [6.45, 7) is 1.39. The van der Waals surface area contributed by atoms with E-state index < -0.39 is 12.2 Å². The number of rotatable bonds is 2. The predicted molar refractivity (Wildman–Crippen MR) is 46.6 cm³/mol. The monoisotopic (exact) mass is 232 g/mol. The van der Waals surface area contributed by atoms with Gasteiger partial charge in [0.05, 0.1) is 12.5 Å². The van der Waals surface area contributed by atoms with E-state index in [4.69, 9.17) is 5.26 Å². The topological polar surface area (TPSA) is 66.1 Å². The molecule has 0 saturated heterocycles. The van der Waals surface area contributed by atoms with Gasteiger partial charge in [0.2, 0.25) is 5.88 Å². The van der Waals surface area contributed by atoms with E-state index in [2.05, 4.69) is 9.72 Å². The zero-order valence-corrected chi connectivity index (χ0v) is 8.17. The quantitative estimate of drug-likeness (QED) is 0.847. The molecule has 16 heavy (non-hydrogen) atoms. The molecule has 1 aromatic heterocycles. The second kappa shape index (κ2) is 4.26. The summed E-state index contributed by atoms with van der Waals surface area (Å²) < 4.78 is 39.3. The second-order valence-corrected chi connectivity index (χ2v) is 2.96. The highest BCUT2D eigenvalue weighted by Gasteiger charge is 2.32. The molecule has 1 heterocycles. The Morgan fingerprint density at radius 1 is 1.56 bits per heavy atom.